The Morgan fingerprint density at radius 3 is 2.28 bits per heavy atom. The molecule has 1 aromatic carbocycles. The number of Topliss-reactive ketones (excluding diaryl/α,β-unsaturated/α-hetero) is 1. The van der Waals surface area contributed by atoms with E-state index in [1.807, 2.05) is 24.3 Å². The van der Waals surface area contributed by atoms with Crippen LogP contribution in [-0.4, -0.2) is 55.1 Å². The van der Waals surface area contributed by atoms with Crippen molar-refractivity contribution < 1.29 is 9.90 Å². The van der Waals surface area contributed by atoms with Crippen LogP contribution in [-0.2, 0) is 0 Å². The molecule has 18 heavy (non-hydrogen) atoms. The van der Waals surface area contributed by atoms with Gasteiger partial charge in [0.15, 0.2) is 5.78 Å². The summed E-state index contributed by atoms with van der Waals surface area (Å²) < 4.78 is 0. The molecule has 0 atom stereocenters. The minimum Gasteiger partial charge on any atom is -0.395 e. The first-order valence-electron chi connectivity index (χ1n) is 6.40. The van der Waals surface area contributed by atoms with Crippen LogP contribution in [0.4, 0.5) is 5.69 Å². The van der Waals surface area contributed by atoms with E-state index in [0.717, 1.165) is 38.3 Å². The number of rotatable bonds is 4. The van der Waals surface area contributed by atoms with Crippen LogP contribution in [0.5, 0.6) is 0 Å². The molecule has 2 rings (SSSR count). The van der Waals surface area contributed by atoms with Crippen LogP contribution in [0.1, 0.15) is 17.3 Å². The number of aliphatic hydroxyl groups is 1. The fraction of sp³-hybridized carbons (Fsp3) is 0.500. The van der Waals surface area contributed by atoms with Gasteiger partial charge < -0.3 is 10.0 Å². The predicted molar refractivity (Wildman–Crippen MR) is 72.2 cm³/mol. The number of anilines is 1. The van der Waals surface area contributed by atoms with E-state index in [-0.39, 0.29) is 12.4 Å². The lowest BCUT2D eigenvalue weighted by atomic mass is 10.1. The van der Waals surface area contributed by atoms with E-state index in [4.69, 9.17) is 5.11 Å². The van der Waals surface area contributed by atoms with Gasteiger partial charge in [-0.15, -0.1) is 0 Å². The highest BCUT2D eigenvalue weighted by atomic mass is 16.3. The molecule has 1 aromatic rings. The Morgan fingerprint density at radius 2 is 1.78 bits per heavy atom. The van der Waals surface area contributed by atoms with Gasteiger partial charge in [-0.3, -0.25) is 9.69 Å². The van der Waals surface area contributed by atoms with Crippen molar-refractivity contribution in [2.24, 2.45) is 0 Å². The zero-order chi connectivity index (χ0) is 13.0. The third-order valence-electron chi connectivity index (χ3n) is 3.43. The molecule has 1 aliphatic rings. The van der Waals surface area contributed by atoms with Gasteiger partial charge in [-0.25, -0.2) is 0 Å². The lowest BCUT2D eigenvalue weighted by Crippen LogP contribution is -2.47. The molecule has 98 valence electrons. The van der Waals surface area contributed by atoms with E-state index >= 15 is 0 Å². The fourth-order valence-electron chi connectivity index (χ4n) is 2.28. The number of nitrogens with zero attached hydrogens (tertiary/aromatic N) is 2. The summed E-state index contributed by atoms with van der Waals surface area (Å²) >= 11 is 0. The van der Waals surface area contributed by atoms with Crippen molar-refractivity contribution >= 4 is 11.5 Å². The van der Waals surface area contributed by atoms with Crippen LogP contribution in [0.15, 0.2) is 24.3 Å². The molecule has 1 fully saturated rings. The molecule has 0 radical (unpaired) electrons. The van der Waals surface area contributed by atoms with Crippen molar-refractivity contribution in [3.05, 3.63) is 29.8 Å². The standard InChI is InChI=1S/C14H20N2O2/c1-12(18)13-2-4-14(5-3-13)16-8-6-15(7-9-16)10-11-17/h2-5,17H,6-11H2,1H3. The molecular weight excluding hydrogens is 228 g/mol. The highest BCUT2D eigenvalue weighted by Crippen LogP contribution is 2.17. The van der Waals surface area contributed by atoms with Crippen molar-refractivity contribution in [1.29, 1.82) is 0 Å². The van der Waals surface area contributed by atoms with Gasteiger partial charge in [0, 0.05) is 44.0 Å². The largest absolute Gasteiger partial charge is 0.395 e. The summed E-state index contributed by atoms with van der Waals surface area (Å²) in [5.74, 6) is 0.106. The molecule has 0 spiro atoms. The Balaban J connectivity index is 1.95. The van der Waals surface area contributed by atoms with E-state index < -0.39 is 0 Å². The average molecular weight is 248 g/mol. The predicted octanol–water partition coefficient (Wildman–Crippen LogP) is 1.00. The maximum atomic E-state index is 11.2. The molecule has 4 nitrogen and oxygen atoms in total. The minimum absolute atomic E-state index is 0.106. The van der Waals surface area contributed by atoms with Gasteiger partial charge in [-0.05, 0) is 31.2 Å². The first-order chi connectivity index (χ1) is 8.70. The Kier molecular flexibility index (Phi) is 4.33. The van der Waals surface area contributed by atoms with E-state index in [1.54, 1.807) is 6.92 Å². The molecule has 4 heteroatoms. The van der Waals surface area contributed by atoms with E-state index in [9.17, 15) is 4.79 Å². The third kappa shape index (κ3) is 3.09. The summed E-state index contributed by atoms with van der Waals surface area (Å²) in [4.78, 5) is 15.8. The number of piperazine rings is 1. The number of hydrogen-bond donors (Lipinski definition) is 1. The van der Waals surface area contributed by atoms with Crippen molar-refractivity contribution in [1.82, 2.24) is 4.90 Å². The molecule has 0 bridgehead atoms. The number of carbonyl (C=O) groups is 1. The van der Waals surface area contributed by atoms with Gasteiger partial charge in [0.25, 0.3) is 0 Å². The summed E-state index contributed by atoms with van der Waals surface area (Å²) in [7, 11) is 0. The Hall–Kier alpha value is -1.39. The fourth-order valence-corrected chi connectivity index (χ4v) is 2.28. The van der Waals surface area contributed by atoms with Crippen LogP contribution in [0, 0.1) is 0 Å². The molecule has 0 unspecified atom stereocenters. The summed E-state index contributed by atoms with van der Waals surface area (Å²) in [6.45, 7) is 6.48. The zero-order valence-corrected chi connectivity index (χ0v) is 10.8. The summed E-state index contributed by atoms with van der Waals surface area (Å²) in [6.07, 6.45) is 0. The van der Waals surface area contributed by atoms with Crippen LogP contribution in [0.3, 0.4) is 0 Å². The van der Waals surface area contributed by atoms with Crippen molar-refractivity contribution in [3.63, 3.8) is 0 Å². The molecule has 0 aromatic heterocycles. The number of carbonyl (C=O) groups excluding carboxylic acids is 1. The first-order valence-corrected chi connectivity index (χ1v) is 6.40. The van der Waals surface area contributed by atoms with Crippen LogP contribution >= 0.6 is 0 Å². The van der Waals surface area contributed by atoms with E-state index in [1.165, 1.54) is 5.69 Å². The average Bonchev–Trinajstić information content (AvgIpc) is 2.40. The Labute approximate surface area is 108 Å². The Bertz CT molecular complexity index is 395. The molecular formula is C14H20N2O2. The SMILES string of the molecule is CC(=O)c1ccc(N2CCN(CCO)CC2)cc1. The minimum atomic E-state index is 0.106. The molecule has 1 N–H and O–H groups in total. The van der Waals surface area contributed by atoms with Crippen LogP contribution in [0.2, 0.25) is 0 Å². The van der Waals surface area contributed by atoms with E-state index in [0.29, 0.717) is 0 Å². The summed E-state index contributed by atoms with van der Waals surface area (Å²) in [5.41, 5.74) is 1.93. The molecule has 1 heterocycles. The smallest absolute Gasteiger partial charge is 0.159 e. The number of hydrogen-bond acceptors (Lipinski definition) is 4. The third-order valence-corrected chi connectivity index (χ3v) is 3.43. The van der Waals surface area contributed by atoms with Gasteiger partial charge in [-0.2, -0.15) is 0 Å². The second-order valence-electron chi connectivity index (χ2n) is 4.66. The van der Waals surface area contributed by atoms with E-state index in [2.05, 4.69) is 9.80 Å². The molecule has 0 saturated carbocycles. The van der Waals surface area contributed by atoms with Crippen molar-refractivity contribution in [3.8, 4) is 0 Å². The van der Waals surface area contributed by atoms with Crippen LogP contribution in [0.25, 0.3) is 0 Å². The van der Waals surface area contributed by atoms with Gasteiger partial charge in [0.1, 0.15) is 0 Å². The molecule has 0 amide bonds. The molecule has 1 aliphatic heterocycles. The molecule has 0 aliphatic carbocycles. The highest BCUT2D eigenvalue weighted by Gasteiger charge is 2.16. The quantitative estimate of drug-likeness (QED) is 0.807. The molecule has 1 saturated heterocycles. The van der Waals surface area contributed by atoms with Crippen molar-refractivity contribution in [2.75, 3.05) is 44.2 Å². The maximum Gasteiger partial charge on any atom is 0.159 e. The summed E-state index contributed by atoms with van der Waals surface area (Å²) in [6, 6.07) is 7.80. The Morgan fingerprint density at radius 1 is 1.17 bits per heavy atom. The topological polar surface area (TPSA) is 43.8 Å². The monoisotopic (exact) mass is 248 g/mol. The lowest BCUT2D eigenvalue weighted by molar-refractivity contribution is 0.101. The first kappa shape index (κ1) is 13.1. The lowest BCUT2D eigenvalue weighted by Gasteiger charge is -2.35. The second kappa shape index (κ2) is 5.98. The normalized spacial score (nSPS) is 16.9. The van der Waals surface area contributed by atoms with Gasteiger partial charge in [0.05, 0.1) is 6.61 Å². The highest BCUT2D eigenvalue weighted by molar-refractivity contribution is 5.94. The number of β-amino-alcohol motifs (C(OH)–C–C–N with tert-alkyl or cyclic N) is 1. The van der Waals surface area contributed by atoms with Gasteiger partial charge >= 0.3 is 0 Å². The number of benzene rings is 1. The van der Waals surface area contributed by atoms with Gasteiger partial charge in [0.2, 0.25) is 0 Å². The summed E-state index contributed by atoms with van der Waals surface area (Å²) in [5, 5.41) is 8.90. The van der Waals surface area contributed by atoms with Crippen molar-refractivity contribution in [2.45, 2.75) is 6.92 Å². The zero-order valence-electron chi connectivity index (χ0n) is 10.8. The van der Waals surface area contributed by atoms with Crippen LogP contribution < -0.4 is 4.90 Å². The maximum absolute atomic E-state index is 11.2. The number of aliphatic hydroxyl groups excluding tert-OH is 1. The second-order valence-corrected chi connectivity index (χ2v) is 4.66. The van der Waals surface area contributed by atoms with Gasteiger partial charge in [-0.1, -0.05) is 0 Å². The number of ketones is 1.